The molecular weight excluding hydrogens is 397 g/mol. The van der Waals surface area contributed by atoms with Crippen molar-refractivity contribution in [2.45, 2.75) is 50.8 Å². The summed E-state index contributed by atoms with van der Waals surface area (Å²) >= 11 is 0. The van der Waals surface area contributed by atoms with Gasteiger partial charge < -0.3 is 9.72 Å². The zero-order chi connectivity index (χ0) is 20.9. The molecule has 4 aliphatic rings. The van der Waals surface area contributed by atoms with Gasteiger partial charge in [0, 0.05) is 36.4 Å². The van der Waals surface area contributed by atoms with Crippen molar-refractivity contribution in [2.75, 3.05) is 6.54 Å². The number of rotatable bonds is 4. The molecule has 0 radical (unpaired) electrons. The number of nitrogens with one attached hydrogen (secondary N) is 1. The summed E-state index contributed by atoms with van der Waals surface area (Å²) in [6.45, 7) is 2.26. The smallest absolute Gasteiger partial charge is 0.293 e. The highest BCUT2D eigenvalue weighted by molar-refractivity contribution is 5.91. The lowest BCUT2D eigenvalue weighted by Gasteiger charge is -2.52. The third kappa shape index (κ3) is 3.12. The lowest BCUT2D eigenvalue weighted by molar-refractivity contribution is -0.154. The molecule has 3 saturated carbocycles. The number of carbonyl (C=O) groups is 1. The normalized spacial score (nSPS) is 27.9. The molecule has 3 fully saturated rings. The van der Waals surface area contributed by atoms with Crippen molar-refractivity contribution >= 4 is 17.5 Å². The first-order chi connectivity index (χ1) is 15.2. The molecular formula is C23H24FN5O2. The van der Waals surface area contributed by atoms with E-state index in [-0.39, 0.29) is 18.0 Å². The van der Waals surface area contributed by atoms with Crippen molar-refractivity contribution in [2.24, 2.45) is 11.8 Å². The molecule has 0 aromatic carbocycles. The van der Waals surface area contributed by atoms with Gasteiger partial charge in [-0.25, -0.2) is 19.3 Å². The predicted molar refractivity (Wildman–Crippen MR) is 111 cm³/mol. The number of carbonyl (C=O) groups excluding carboxylic acids is 1. The number of hydrogen-bond donors (Lipinski definition) is 1. The van der Waals surface area contributed by atoms with E-state index in [0.29, 0.717) is 41.7 Å². The van der Waals surface area contributed by atoms with Crippen LogP contribution in [0, 0.1) is 17.7 Å². The highest BCUT2D eigenvalue weighted by atomic mass is 19.1. The van der Waals surface area contributed by atoms with Crippen LogP contribution in [0.15, 0.2) is 24.7 Å². The minimum absolute atomic E-state index is 0.0180. The van der Waals surface area contributed by atoms with Crippen LogP contribution in [0.4, 0.5) is 4.39 Å². The Bertz CT molecular complexity index is 1140. The van der Waals surface area contributed by atoms with Gasteiger partial charge in [0.15, 0.2) is 5.82 Å². The van der Waals surface area contributed by atoms with E-state index in [2.05, 4.69) is 19.9 Å². The topological polar surface area (TPSA) is 84.0 Å². The summed E-state index contributed by atoms with van der Waals surface area (Å²) < 4.78 is 19.4. The maximum atomic E-state index is 13.8. The van der Waals surface area contributed by atoms with Crippen molar-refractivity contribution in [3.63, 3.8) is 0 Å². The number of pyridine rings is 1. The van der Waals surface area contributed by atoms with Crippen molar-refractivity contribution in [3.8, 4) is 11.4 Å². The maximum absolute atomic E-state index is 13.8. The molecule has 0 amide bonds. The maximum Gasteiger partial charge on any atom is 0.293 e. The standard InChI is InChI=1S/C23H24FN5O2/c24-16-7-17-18(10-27-22(17)26-9-16)23-25-8-15-5-6-29(11-19(15)28-23)20-13-1-3-14(4-2-13)21(20)31-12-30/h7-10,12-14,20-21H,1-6,11H2,(H,26,27)/t13?,14?,20-,21-/m0/s1. The molecule has 31 heavy (non-hydrogen) atoms. The SMILES string of the molecule is O=CO[C@H]1C2CCC(CC2)[C@@H]1N1CCc2cnc(-c3c[nH]c4ncc(F)cc34)nc2C1. The van der Waals surface area contributed by atoms with Crippen molar-refractivity contribution < 1.29 is 13.9 Å². The molecule has 3 aromatic rings. The molecule has 0 saturated heterocycles. The molecule has 0 spiro atoms. The number of nitrogens with zero attached hydrogens (tertiary/aromatic N) is 4. The highest BCUT2D eigenvalue weighted by Crippen LogP contribution is 2.45. The van der Waals surface area contributed by atoms with Gasteiger partial charge in [0.25, 0.3) is 6.47 Å². The van der Waals surface area contributed by atoms with Gasteiger partial charge in [-0.15, -0.1) is 0 Å². The molecule has 3 aromatic heterocycles. The van der Waals surface area contributed by atoms with E-state index < -0.39 is 0 Å². The average Bonchev–Trinajstić information content (AvgIpc) is 3.22. The van der Waals surface area contributed by atoms with Crippen molar-refractivity contribution in [3.05, 3.63) is 41.7 Å². The molecule has 3 aliphatic carbocycles. The number of fused-ring (bicyclic) bond motifs is 5. The second-order valence-electron chi connectivity index (χ2n) is 9.00. The Morgan fingerprint density at radius 1 is 1.16 bits per heavy atom. The first kappa shape index (κ1) is 18.9. The zero-order valence-electron chi connectivity index (χ0n) is 17.1. The molecule has 1 aliphatic heterocycles. The molecule has 2 atom stereocenters. The summed E-state index contributed by atoms with van der Waals surface area (Å²) in [7, 11) is 0. The Morgan fingerprint density at radius 2 is 2.00 bits per heavy atom. The fraction of sp³-hybridized carbons (Fsp3) is 0.478. The molecule has 7 rings (SSSR count). The molecule has 0 unspecified atom stereocenters. The summed E-state index contributed by atoms with van der Waals surface area (Å²) in [4.78, 5) is 30.3. The quantitative estimate of drug-likeness (QED) is 0.651. The van der Waals surface area contributed by atoms with Gasteiger partial charge in [-0.05, 0) is 55.6 Å². The van der Waals surface area contributed by atoms with Crippen LogP contribution in [0.1, 0.15) is 36.9 Å². The Hall–Kier alpha value is -2.87. The van der Waals surface area contributed by atoms with Gasteiger partial charge >= 0.3 is 0 Å². The average molecular weight is 421 g/mol. The molecule has 1 N–H and O–H groups in total. The first-order valence-corrected chi connectivity index (χ1v) is 11.0. The Kier molecular flexibility index (Phi) is 4.49. The predicted octanol–water partition coefficient (Wildman–Crippen LogP) is 3.25. The van der Waals surface area contributed by atoms with Crippen LogP contribution in [0.2, 0.25) is 0 Å². The minimum Gasteiger partial charge on any atom is -0.463 e. The summed E-state index contributed by atoms with van der Waals surface area (Å²) in [5, 5.41) is 0.677. The largest absolute Gasteiger partial charge is 0.463 e. The second kappa shape index (κ2) is 7.37. The summed E-state index contributed by atoms with van der Waals surface area (Å²) in [5.74, 6) is 1.23. The van der Waals surface area contributed by atoms with Crippen LogP contribution in [-0.2, 0) is 22.5 Å². The van der Waals surface area contributed by atoms with Gasteiger partial charge in [-0.1, -0.05) is 0 Å². The summed E-state index contributed by atoms with van der Waals surface area (Å²) in [6.07, 6.45) is 10.5. The van der Waals surface area contributed by atoms with E-state index in [4.69, 9.17) is 9.72 Å². The number of hydrogen-bond acceptors (Lipinski definition) is 6. The zero-order valence-corrected chi connectivity index (χ0v) is 17.1. The van der Waals surface area contributed by atoms with E-state index in [0.717, 1.165) is 42.6 Å². The van der Waals surface area contributed by atoms with Crippen LogP contribution >= 0.6 is 0 Å². The Labute approximate surface area is 179 Å². The minimum atomic E-state index is -0.383. The lowest BCUT2D eigenvalue weighted by atomic mass is 9.65. The molecule has 160 valence electrons. The van der Waals surface area contributed by atoms with Crippen LogP contribution in [0.25, 0.3) is 22.4 Å². The lowest BCUT2D eigenvalue weighted by Crippen LogP contribution is -2.58. The van der Waals surface area contributed by atoms with E-state index in [1.165, 1.54) is 25.1 Å². The second-order valence-corrected chi connectivity index (χ2v) is 9.00. The van der Waals surface area contributed by atoms with E-state index >= 15 is 0 Å². The molecule has 2 bridgehead atoms. The van der Waals surface area contributed by atoms with E-state index in [1.54, 1.807) is 6.20 Å². The van der Waals surface area contributed by atoms with Crippen LogP contribution in [0.3, 0.4) is 0 Å². The van der Waals surface area contributed by atoms with Gasteiger partial charge in [-0.2, -0.15) is 0 Å². The molecule has 8 heteroatoms. The number of aromatic amines is 1. The number of aromatic nitrogens is 4. The van der Waals surface area contributed by atoms with Gasteiger partial charge in [0.2, 0.25) is 0 Å². The van der Waals surface area contributed by atoms with Crippen molar-refractivity contribution in [1.82, 2.24) is 24.8 Å². The van der Waals surface area contributed by atoms with E-state index in [1.807, 2.05) is 6.20 Å². The van der Waals surface area contributed by atoms with Crippen LogP contribution in [-0.4, -0.2) is 50.0 Å². The van der Waals surface area contributed by atoms with Gasteiger partial charge in [0.05, 0.1) is 17.9 Å². The fourth-order valence-electron chi connectivity index (χ4n) is 5.99. The summed E-state index contributed by atoms with van der Waals surface area (Å²) in [5.41, 5.74) is 3.52. The van der Waals surface area contributed by atoms with Crippen molar-refractivity contribution in [1.29, 1.82) is 0 Å². The van der Waals surface area contributed by atoms with Gasteiger partial charge in [-0.3, -0.25) is 9.69 Å². The third-order valence-corrected chi connectivity index (χ3v) is 7.45. The number of H-pyrrole nitrogens is 1. The Morgan fingerprint density at radius 3 is 2.84 bits per heavy atom. The molecule has 4 heterocycles. The summed E-state index contributed by atoms with van der Waals surface area (Å²) in [6, 6.07) is 1.72. The van der Waals surface area contributed by atoms with E-state index in [9.17, 15) is 9.18 Å². The number of halogens is 1. The third-order valence-electron chi connectivity index (χ3n) is 7.45. The Balaban J connectivity index is 1.32. The van der Waals surface area contributed by atoms with Crippen LogP contribution in [0.5, 0.6) is 0 Å². The van der Waals surface area contributed by atoms with Crippen LogP contribution < -0.4 is 0 Å². The highest BCUT2D eigenvalue weighted by Gasteiger charge is 2.48. The fourth-order valence-corrected chi connectivity index (χ4v) is 5.99. The first-order valence-electron chi connectivity index (χ1n) is 11.0. The van der Waals surface area contributed by atoms with Gasteiger partial charge in [0.1, 0.15) is 17.6 Å². The number of ether oxygens (including phenoxy) is 1. The molecule has 7 nitrogen and oxygen atoms in total. The monoisotopic (exact) mass is 421 g/mol.